The van der Waals surface area contributed by atoms with Gasteiger partial charge in [0.05, 0.1) is 12.7 Å². The summed E-state index contributed by atoms with van der Waals surface area (Å²) in [5.41, 5.74) is -0.375. The van der Waals surface area contributed by atoms with Gasteiger partial charge in [0.2, 0.25) is 0 Å². The number of hydrogen-bond acceptors (Lipinski definition) is 1. The summed E-state index contributed by atoms with van der Waals surface area (Å²) in [5.74, 6) is -4.28. The first-order valence-corrected chi connectivity index (χ1v) is 7.35. The molecule has 0 saturated heterocycles. The number of rotatable bonds is 9. The smallest absolute Gasteiger partial charge is 0.378 e. The van der Waals surface area contributed by atoms with Gasteiger partial charge in [-0.1, -0.05) is 20.8 Å². The molecule has 1 nitrogen and oxygen atoms in total. The van der Waals surface area contributed by atoms with E-state index in [0.717, 1.165) is 6.42 Å². The lowest BCUT2D eigenvalue weighted by Crippen LogP contribution is -2.36. The van der Waals surface area contributed by atoms with Crippen molar-refractivity contribution in [3.05, 3.63) is 0 Å². The fourth-order valence-electron chi connectivity index (χ4n) is 2.47. The number of ether oxygens (including phenoxy) is 1. The molecule has 0 spiro atoms. The van der Waals surface area contributed by atoms with Crippen LogP contribution in [0.25, 0.3) is 0 Å². The third-order valence-corrected chi connectivity index (χ3v) is 3.35. The van der Waals surface area contributed by atoms with E-state index in [9.17, 15) is 22.0 Å². The van der Waals surface area contributed by atoms with E-state index in [0.29, 0.717) is 18.9 Å². The molecule has 0 aromatic heterocycles. The predicted molar refractivity (Wildman–Crippen MR) is 73.5 cm³/mol. The second-order valence-corrected chi connectivity index (χ2v) is 6.82. The summed E-state index contributed by atoms with van der Waals surface area (Å²) < 4.78 is 67.8. The first kappa shape index (κ1) is 20.6. The highest BCUT2D eigenvalue weighted by Crippen LogP contribution is 2.41. The molecule has 0 amide bonds. The van der Waals surface area contributed by atoms with Gasteiger partial charge in [-0.2, -0.15) is 22.0 Å². The van der Waals surface area contributed by atoms with Crippen LogP contribution in [0.15, 0.2) is 0 Å². The molecule has 0 aromatic rings. The molecule has 1 atom stereocenters. The molecule has 0 saturated carbocycles. The Hall–Kier alpha value is -0.390. The Kier molecular flexibility index (Phi) is 7.60. The molecule has 0 bridgehead atoms. The summed E-state index contributed by atoms with van der Waals surface area (Å²) in [7, 11) is 0. The largest absolute Gasteiger partial charge is 0.453 e. The topological polar surface area (TPSA) is 9.23 Å². The lowest BCUT2D eigenvalue weighted by atomic mass is 9.78. The van der Waals surface area contributed by atoms with Crippen molar-refractivity contribution < 1.29 is 26.7 Å². The Balaban J connectivity index is 4.55. The van der Waals surface area contributed by atoms with Crippen LogP contribution in [0.2, 0.25) is 0 Å². The predicted octanol–water partition coefficient (Wildman–Crippen LogP) is 5.83. The summed E-state index contributed by atoms with van der Waals surface area (Å²) in [6.07, 6.45) is -5.76. The molecule has 1 unspecified atom stereocenters. The molecule has 0 rings (SSSR count). The van der Waals surface area contributed by atoms with Crippen molar-refractivity contribution in [2.75, 3.05) is 6.61 Å². The minimum absolute atomic E-state index is 0.00750. The molecule has 0 aliphatic carbocycles. The van der Waals surface area contributed by atoms with Crippen LogP contribution >= 0.6 is 0 Å². The lowest BCUT2D eigenvalue weighted by Gasteiger charge is -2.32. The molecule has 0 N–H and O–H groups in total. The molecule has 0 heterocycles. The average Bonchev–Trinajstić information content (AvgIpc) is 2.23. The molecule has 0 aromatic carbocycles. The SMILES string of the molecule is CC(C)CC(C)(CCCC(F)(F)C(F)(F)F)COC(C)C. The molecule has 0 aliphatic heterocycles. The zero-order valence-electron chi connectivity index (χ0n) is 13.5. The molecule has 6 heteroatoms. The monoisotopic (exact) mass is 318 g/mol. The van der Waals surface area contributed by atoms with Crippen molar-refractivity contribution in [3.63, 3.8) is 0 Å². The van der Waals surface area contributed by atoms with Crippen LogP contribution in [0.4, 0.5) is 22.0 Å². The van der Waals surface area contributed by atoms with Crippen molar-refractivity contribution in [1.29, 1.82) is 0 Å². The van der Waals surface area contributed by atoms with E-state index in [-0.39, 0.29) is 17.9 Å². The minimum atomic E-state index is -5.46. The van der Waals surface area contributed by atoms with Crippen LogP contribution in [0, 0.1) is 11.3 Å². The van der Waals surface area contributed by atoms with Crippen LogP contribution in [-0.2, 0) is 4.74 Å². The molecular formula is C15H27F5O. The van der Waals surface area contributed by atoms with Gasteiger partial charge in [0.15, 0.2) is 0 Å². The molecule has 0 radical (unpaired) electrons. The number of hydrogen-bond donors (Lipinski definition) is 0. The maximum Gasteiger partial charge on any atom is 0.453 e. The Morgan fingerprint density at radius 2 is 1.43 bits per heavy atom. The number of alkyl halides is 5. The molecule has 0 fully saturated rings. The highest BCUT2D eigenvalue weighted by molar-refractivity contribution is 4.80. The first-order chi connectivity index (χ1) is 9.29. The van der Waals surface area contributed by atoms with Crippen molar-refractivity contribution in [2.24, 2.45) is 11.3 Å². The summed E-state index contributed by atoms with van der Waals surface area (Å²) in [5, 5.41) is 0. The fraction of sp³-hybridized carbons (Fsp3) is 1.00. The maximum absolute atomic E-state index is 12.9. The highest BCUT2D eigenvalue weighted by atomic mass is 19.4. The second kappa shape index (κ2) is 7.75. The Morgan fingerprint density at radius 1 is 0.905 bits per heavy atom. The van der Waals surface area contributed by atoms with Crippen molar-refractivity contribution in [1.82, 2.24) is 0 Å². The summed E-state index contributed by atoms with van der Waals surface area (Å²) in [6, 6.07) is 0. The van der Waals surface area contributed by atoms with Gasteiger partial charge in [0, 0.05) is 6.42 Å². The Morgan fingerprint density at radius 3 is 1.81 bits per heavy atom. The lowest BCUT2D eigenvalue weighted by molar-refractivity contribution is -0.285. The third kappa shape index (κ3) is 7.98. The van der Waals surface area contributed by atoms with E-state index in [2.05, 4.69) is 0 Å². The summed E-state index contributed by atoms with van der Waals surface area (Å²) in [4.78, 5) is 0. The minimum Gasteiger partial charge on any atom is -0.378 e. The van der Waals surface area contributed by atoms with Crippen molar-refractivity contribution in [2.45, 2.75) is 78.5 Å². The molecule has 21 heavy (non-hydrogen) atoms. The van der Waals surface area contributed by atoms with Gasteiger partial charge >= 0.3 is 12.1 Å². The van der Waals surface area contributed by atoms with E-state index in [1.54, 1.807) is 0 Å². The van der Waals surface area contributed by atoms with Crippen LogP contribution in [0.3, 0.4) is 0 Å². The van der Waals surface area contributed by atoms with Gasteiger partial charge in [0.1, 0.15) is 0 Å². The van der Waals surface area contributed by atoms with Gasteiger partial charge in [-0.3, -0.25) is 0 Å². The standard InChI is InChI=1S/C15H27F5O/c1-11(2)9-13(5,10-21-12(3)4)7-6-8-14(16,17)15(18,19)20/h11-12H,6-10H2,1-5H3. The quantitative estimate of drug-likeness (QED) is 0.486. The van der Waals surface area contributed by atoms with Gasteiger partial charge in [0.25, 0.3) is 0 Å². The fourth-order valence-corrected chi connectivity index (χ4v) is 2.47. The van der Waals surface area contributed by atoms with Crippen molar-refractivity contribution >= 4 is 0 Å². The van der Waals surface area contributed by atoms with Gasteiger partial charge in [-0.05, 0) is 44.4 Å². The van der Waals surface area contributed by atoms with E-state index < -0.39 is 18.5 Å². The van der Waals surface area contributed by atoms with E-state index in [4.69, 9.17) is 4.74 Å². The maximum atomic E-state index is 12.9. The van der Waals surface area contributed by atoms with Crippen LogP contribution < -0.4 is 0 Å². The third-order valence-electron chi connectivity index (χ3n) is 3.35. The highest BCUT2D eigenvalue weighted by Gasteiger charge is 2.56. The number of halogens is 5. The van der Waals surface area contributed by atoms with E-state index in [1.807, 2.05) is 34.6 Å². The summed E-state index contributed by atoms with van der Waals surface area (Å²) >= 11 is 0. The Labute approximate surface area is 124 Å². The Bertz CT molecular complexity index is 299. The van der Waals surface area contributed by atoms with E-state index in [1.165, 1.54) is 0 Å². The molecule has 128 valence electrons. The molecular weight excluding hydrogens is 291 g/mol. The zero-order chi connectivity index (χ0) is 16.9. The normalized spacial score (nSPS) is 16.6. The van der Waals surface area contributed by atoms with Gasteiger partial charge < -0.3 is 4.74 Å². The van der Waals surface area contributed by atoms with Gasteiger partial charge in [-0.25, -0.2) is 0 Å². The van der Waals surface area contributed by atoms with Crippen LogP contribution in [-0.4, -0.2) is 24.8 Å². The zero-order valence-corrected chi connectivity index (χ0v) is 13.5. The average molecular weight is 318 g/mol. The van der Waals surface area contributed by atoms with Crippen LogP contribution in [0.1, 0.15) is 60.3 Å². The summed E-state index contributed by atoms with van der Waals surface area (Å²) in [6.45, 7) is 10.00. The first-order valence-electron chi connectivity index (χ1n) is 7.35. The van der Waals surface area contributed by atoms with E-state index >= 15 is 0 Å². The molecule has 0 aliphatic rings. The van der Waals surface area contributed by atoms with Crippen LogP contribution in [0.5, 0.6) is 0 Å². The second-order valence-electron chi connectivity index (χ2n) is 6.82. The van der Waals surface area contributed by atoms with Gasteiger partial charge in [-0.15, -0.1) is 0 Å². The van der Waals surface area contributed by atoms with Crippen molar-refractivity contribution in [3.8, 4) is 0 Å².